The van der Waals surface area contributed by atoms with Crippen LogP contribution in [0.1, 0.15) is 44.5 Å². The summed E-state index contributed by atoms with van der Waals surface area (Å²) in [6.07, 6.45) is -1.76. The van der Waals surface area contributed by atoms with E-state index in [-0.39, 0.29) is 29.9 Å². The number of aliphatic hydroxyl groups is 1. The van der Waals surface area contributed by atoms with Gasteiger partial charge in [-0.1, -0.05) is 26.0 Å². The van der Waals surface area contributed by atoms with E-state index in [1.54, 1.807) is 28.8 Å². The molecule has 2 aliphatic heterocycles. The Morgan fingerprint density at radius 1 is 1.28 bits per heavy atom. The Bertz CT molecular complexity index is 887. The zero-order valence-electron chi connectivity index (χ0n) is 19.3. The summed E-state index contributed by atoms with van der Waals surface area (Å²) in [5, 5.41) is 11.6. The highest BCUT2D eigenvalue weighted by Crippen LogP contribution is 2.42. The predicted octanol–water partition coefficient (Wildman–Crippen LogP) is 3.67. The van der Waals surface area contributed by atoms with Gasteiger partial charge in [0.05, 0.1) is 30.5 Å². The summed E-state index contributed by atoms with van der Waals surface area (Å²) in [6.45, 7) is 12.4. The second kappa shape index (κ2) is 10.0. The van der Waals surface area contributed by atoms with Crippen LogP contribution in [0.3, 0.4) is 0 Å². The topological polar surface area (TPSA) is 88.5 Å². The molecule has 1 N–H and O–H groups in total. The summed E-state index contributed by atoms with van der Waals surface area (Å²) in [5.41, 5.74) is 1.29. The summed E-state index contributed by atoms with van der Waals surface area (Å²) in [7, 11) is 1.49. The maximum atomic E-state index is 13.4. The molecule has 0 bridgehead atoms. The highest BCUT2D eigenvalue weighted by molar-refractivity contribution is 7.99. The van der Waals surface area contributed by atoms with Crippen LogP contribution in [0.15, 0.2) is 24.3 Å². The van der Waals surface area contributed by atoms with E-state index in [1.807, 2.05) is 13.8 Å². The quantitative estimate of drug-likeness (QED) is 0.486. The summed E-state index contributed by atoms with van der Waals surface area (Å²) >= 11 is 1.67. The average Bonchev–Trinajstić information content (AvgIpc) is 3.09. The molecule has 1 fully saturated rings. The van der Waals surface area contributed by atoms with E-state index >= 15 is 0 Å². The van der Waals surface area contributed by atoms with Gasteiger partial charge < -0.3 is 24.2 Å². The minimum atomic E-state index is -1.29. The predicted molar refractivity (Wildman–Crippen MR) is 125 cm³/mol. The van der Waals surface area contributed by atoms with Gasteiger partial charge in [0.2, 0.25) is 0 Å². The van der Waals surface area contributed by atoms with Crippen molar-refractivity contribution in [1.82, 2.24) is 4.90 Å². The summed E-state index contributed by atoms with van der Waals surface area (Å²) < 4.78 is 16.8. The molecule has 2 aliphatic rings. The maximum absolute atomic E-state index is 13.4. The lowest BCUT2D eigenvalue weighted by Crippen LogP contribution is -2.51. The summed E-state index contributed by atoms with van der Waals surface area (Å²) in [6, 6.07) is 2.51. The molecule has 1 unspecified atom stereocenters. The van der Waals surface area contributed by atoms with Crippen molar-refractivity contribution in [2.75, 3.05) is 30.9 Å². The minimum absolute atomic E-state index is 0.159. The molecule has 9 heteroatoms. The van der Waals surface area contributed by atoms with Crippen molar-refractivity contribution in [2.24, 2.45) is 0 Å². The molecular formula is C23H32N2O6S. The lowest BCUT2D eigenvalue weighted by atomic mass is 10.1. The highest BCUT2D eigenvalue weighted by Gasteiger charge is 2.46. The van der Waals surface area contributed by atoms with Crippen LogP contribution in [-0.2, 0) is 4.74 Å². The van der Waals surface area contributed by atoms with Crippen molar-refractivity contribution in [3.63, 3.8) is 0 Å². The van der Waals surface area contributed by atoms with Crippen LogP contribution in [0.4, 0.5) is 10.5 Å². The third-order valence-electron chi connectivity index (χ3n) is 5.25. The molecule has 3 rings (SSSR count). The number of anilines is 1. The first kappa shape index (κ1) is 24.3. The molecule has 2 atom stereocenters. The molecule has 8 nitrogen and oxygen atoms in total. The molecule has 32 heavy (non-hydrogen) atoms. The highest BCUT2D eigenvalue weighted by atomic mass is 32.2. The van der Waals surface area contributed by atoms with E-state index in [0.29, 0.717) is 35.5 Å². The molecule has 2 amide bonds. The molecule has 1 aromatic rings. The van der Waals surface area contributed by atoms with Gasteiger partial charge in [-0.25, -0.2) is 9.69 Å². The van der Waals surface area contributed by atoms with Crippen LogP contribution >= 0.6 is 11.8 Å². The van der Waals surface area contributed by atoms with Crippen molar-refractivity contribution in [3.8, 4) is 11.5 Å². The molecule has 1 saturated heterocycles. The Morgan fingerprint density at radius 3 is 2.62 bits per heavy atom. The van der Waals surface area contributed by atoms with Gasteiger partial charge in [0.1, 0.15) is 6.61 Å². The van der Waals surface area contributed by atoms with E-state index in [1.165, 1.54) is 7.11 Å². The van der Waals surface area contributed by atoms with Crippen LogP contribution in [0, 0.1) is 0 Å². The Balaban J connectivity index is 2.04. The Morgan fingerprint density at radius 2 is 2.00 bits per heavy atom. The van der Waals surface area contributed by atoms with E-state index in [2.05, 4.69) is 20.4 Å². The number of hydrogen-bond acceptors (Lipinski definition) is 7. The van der Waals surface area contributed by atoms with Gasteiger partial charge in [-0.05, 0) is 31.6 Å². The third kappa shape index (κ3) is 4.99. The van der Waals surface area contributed by atoms with Gasteiger partial charge in [0, 0.05) is 18.4 Å². The van der Waals surface area contributed by atoms with Crippen LogP contribution in [0.2, 0.25) is 0 Å². The number of thioether (sulfide) groups is 1. The number of rotatable bonds is 7. The fraction of sp³-hybridized carbons (Fsp3) is 0.565. The van der Waals surface area contributed by atoms with Crippen molar-refractivity contribution in [3.05, 3.63) is 29.8 Å². The fourth-order valence-electron chi connectivity index (χ4n) is 3.90. The number of nitrogens with zero attached hydrogens (tertiary/aromatic N) is 2. The summed E-state index contributed by atoms with van der Waals surface area (Å²) in [4.78, 5) is 29.3. The van der Waals surface area contributed by atoms with Crippen LogP contribution in [0.25, 0.3) is 0 Å². The number of methoxy groups -OCH3 is 1. The van der Waals surface area contributed by atoms with E-state index in [9.17, 15) is 14.7 Å². The second-order valence-electron chi connectivity index (χ2n) is 8.46. The van der Waals surface area contributed by atoms with Crippen molar-refractivity contribution < 1.29 is 28.9 Å². The molecule has 176 valence electrons. The van der Waals surface area contributed by atoms with Crippen LogP contribution in [-0.4, -0.2) is 71.6 Å². The smallest absolute Gasteiger partial charge is 0.416 e. The minimum Gasteiger partial charge on any atom is -0.493 e. The number of benzene rings is 1. The maximum Gasteiger partial charge on any atom is 0.416 e. The largest absolute Gasteiger partial charge is 0.493 e. The van der Waals surface area contributed by atoms with Gasteiger partial charge in [0.25, 0.3) is 5.91 Å². The molecular weight excluding hydrogens is 432 g/mol. The van der Waals surface area contributed by atoms with E-state index < -0.39 is 18.4 Å². The zero-order valence-corrected chi connectivity index (χ0v) is 20.1. The first-order chi connectivity index (χ1) is 15.1. The Kier molecular flexibility index (Phi) is 7.61. The van der Waals surface area contributed by atoms with Gasteiger partial charge >= 0.3 is 6.09 Å². The average molecular weight is 465 g/mol. The SMILES string of the molecule is C=C1C[C@H]2C(O)N(C(=O)OCCSC(C)C)c3cc(OC(C)C)c(OC)cc3C(=O)N2C1. The van der Waals surface area contributed by atoms with Gasteiger partial charge in [-0.3, -0.25) is 4.79 Å². The number of amides is 2. The van der Waals surface area contributed by atoms with Crippen molar-refractivity contribution >= 4 is 29.4 Å². The van der Waals surface area contributed by atoms with Gasteiger partial charge in [-0.2, -0.15) is 11.8 Å². The number of hydrogen-bond donors (Lipinski definition) is 1. The normalized spacial score (nSPS) is 20.4. The first-order valence-electron chi connectivity index (χ1n) is 10.8. The van der Waals surface area contributed by atoms with E-state index in [0.717, 1.165) is 10.5 Å². The molecule has 0 aliphatic carbocycles. The van der Waals surface area contributed by atoms with Gasteiger partial charge in [0.15, 0.2) is 17.7 Å². The van der Waals surface area contributed by atoms with Crippen LogP contribution < -0.4 is 14.4 Å². The number of aliphatic hydroxyl groups excluding tert-OH is 1. The standard InChI is InChI=1S/C23H32N2O6S/c1-13(2)31-20-11-17-16(10-19(20)29-6)21(26)24-12-15(5)9-18(24)22(27)25(17)23(28)30-7-8-32-14(3)4/h10-11,13-14,18,22,27H,5,7-9,12H2,1-4,6H3/t18-,22?/m0/s1. The fourth-order valence-corrected chi connectivity index (χ4v) is 4.55. The Labute approximate surface area is 193 Å². The van der Waals surface area contributed by atoms with Crippen LogP contribution in [0.5, 0.6) is 11.5 Å². The Hall–Kier alpha value is -2.39. The molecule has 0 saturated carbocycles. The van der Waals surface area contributed by atoms with Crippen molar-refractivity contribution in [1.29, 1.82) is 0 Å². The van der Waals surface area contributed by atoms with Gasteiger partial charge in [-0.15, -0.1) is 0 Å². The lowest BCUT2D eigenvalue weighted by molar-refractivity contribution is 0.0493. The number of fused-ring (bicyclic) bond motifs is 2. The third-order valence-corrected chi connectivity index (χ3v) is 6.32. The van der Waals surface area contributed by atoms with E-state index in [4.69, 9.17) is 14.2 Å². The molecule has 0 radical (unpaired) electrons. The molecule has 1 aromatic carbocycles. The monoisotopic (exact) mass is 464 g/mol. The summed E-state index contributed by atoms with van der Waals surface area (Å²) in [5.74, 6) is 1.08. The second-order valence-corrected chi connectivity index (χ2v) is 10.1. The number of carbonyl (C=O) groups excluding carboxylic acids is 2. The molecule has 0 spiro atoms. The number of carbonyl (C=O) groups is 2. The zero-order chi connectivity index (χ0) is 23.6. The lowest BCUT2D eigenvalue weighted by Gasteiger charge is -2.31. The molecule has 0 aromatic heterocycles. The molecule has 2 heterocycles. The van der Waals surface area contributed by atoms with Crippen molar-refractivity contribution in [2.45, 2.75) is 57.7 Å². The number of ether oxygens (including phenoxy) is 3. The first-order valence-corrected chi connectivity index (χ1v) is 11.8.